The molecule has 0 saturated heterocycles. The van der Waals surface area contributed by atoms with Gasteiger partial charge in [0.05, 0.1) is 5.56 Å². The summed E-state index contributed by atoms with van der Waals surface area (Å²) in [5.41, 5.74) is 1.47. The number of hydrogen-bond acceptors (Lipinski definition) is 4. The summed E-state index contributed by atoms with van der Waals surface area (Å²) in [7, 11) is 0. The van der Waals surface area contributed by atoms with Gasteiger partial charge in [0.2, 0.25) is 0 Å². The molecule has 0 saturated carbocycles. The van der Waals surface area contributed by atoms with Gasteiger partial charge in [-0.05, 0) is 31.2 Å². The van der Waals surface area contributed by atoms with Crippen molar-refractivity contribution in [3.8, 4) is 17.2 Å². The van der Waals surface area contributed by atoms with Gasteiger partial charge in [-0.15, -0.1) is 0 Å². The normalized spacial score (nSPS) is 10.1. The number of rotatable bonds is 2. The predicted octanol–water partition coefficient (Wildman–Crippen LogP) is 2.63. The van der Waals surface area contributed by atoms with Gasteiger partial charge in [-0.25, -0.2) is 4.79 Å². The van der Waals surface area contributed by atoms with Crippen LogP contribution in [0.5, 0.6) is 17.2 Å². The fraction of sp³-hybridized carbons (Fsp3) is 0.0714. The zero-order valence-corrected chi connectivity index (χ0v) is 9.75. The van der Waals surface area contributed by atoms with Gasteiger partial charge in [0, 0.05) is 6.07 Å². The van der Waals surface area contributed by atoms with Crippen molar-refractivity contribution in [3.05, 3.63) is 53.6 Å². The third kappa shape index (κ3) is 2.60. The van der Waals surface area contributed by atoms with E-state index in [2.05, 4.69) is 0 Å². The number of hydrogen-bond donors (Lipinski definition) is 2. The highest BCUT2D eigenvalue weighted by atomic mass is 16.5. The molecule has 2 aromatic rings. The topological polar surface area (TPSA) is 66.8 Å². The van der Waals surface area contributed by atoms with Gasteiger partial charge >= 0.3 is 5.97 Å². The van der Waals surface area contributed by atoms with Crippen LogP contribution in [0.4, 0.5) is 0 Å². The molecule has 0 aliphatic rings. The second-order valence-electron chi connectivity index (χ2n) is 3.91. The lowest BCUT2D eigenvalue weighted by Crippen LogP contribution is -2.08. The summed E-state index contributed by atoms with van der Waals surface area (Å²) in [6, 6.07) is 10.8. The van der Waals surface area contributed by atoms with Crippen LogP contribution in [-0.2, 0) is 0 Å². The lowest BCUT2D eigenvalue weighted by atomic mass is 10.1. The summed E-state index contributed by atoms with van der Waals surface area (Å²) < 4.78 is 5.07. The van der Waals surface area contributed by atoms with Crippen LogP contribution in [0, 0.1) is 6.92 Å². The Bertz CT molecular complexity index is 573. The van der Waals surface area contributed by atoms with E-state index in [0.29, 0.717) is 5.56 Å². The molecular weight excluding hydrogens is 232 g/mol. The SMILES string of the molecule is Cc1ccc(C(=O)Oc2ccc(O)c(O)c2)cc1. The Hall–Kier alpha value is -2.49. The maximum atomic E-state index is 11.8. The van der Waals surface area contributed by atoms with Gasteiger partial charge in [-0.3, -0.25) is 0 Å². The lowest BCUT2D eigenvalue weighted by molar-refractivity contribution is 0.0734. The summed E-state index contributed by atoms with van der Waals surface area (Å²) in [6.07, 6.45) is 0. The zero-order valence-electron chi connectivity index (χ0n) is 9.75. The largest absolute Gasteiger partial charge is 0.504 e. The smallest absolute Gasteiger partial charge is 0.343 e. The minimum atomic E-state index is -0.514. The fourth-order valence-corrected chi connectivity index (χ4v) is 1.42. The average molecular weight is 244 g/mol. The number of benzene rings is 2. The van der Waals surface area contributed by atoms with Gasteiger partial charge in [-0.2, -0.15) is 0 Å². The van der Waals surface area contributed by atoms with Gasteiger partial charge in [0.25, 0.3) is 0 Å². The third-order valence-electron chi connectivity index (χ3n) is 2.44. The maximum absolute atomic E-state index is 11.8. The van der Waals surface area contributed by atoms with Gasteiger partial charge in [-0.1, -0.05) is 17.7 Å². The van der Waals surface area contributed by atoms with E-state index < -0.39 is 5.97 Å². The highest BCUT2D eigenvalue weighted by molar-refractivity contribution is 5.91. The number of aromatic hydroxyl groups is 2. The highest BCUT2D eigenvalue weighted by Gasteiger charge is 2.09. The molecular formula is C14H12O4. The summed E-state index contributed by atoms with van der Waals surface area (Å²) >= 11 is 0. The number of aryl methyl sites for hydroxylation is 1. The van der Waals surface area contributed by atoms with Gasteiger partial charge in [0.15, 0.2) is 11.5 Å². The Balaban J connectivity index is 2.16. The Labute approximate surface area is 104 Å². The third-order valence-corrected chi connectivity index (χ3v) is 2.44. The summed E-state index contributed by atoms with van der Waals surface area (Å²) in [6.45, 7) is 1.92. The highest BCUT2D eigenvalue weighted by Crippen LogP contribution is 2.28. The summed E-state index contributed by atoms with van der Waals surface area (Å²) in [5.74, 6) is -0.926. The standard InChI is InChI=1S/C14H12O4/c1-9-2-4-10(5-3-9)14(17)18-11-6-7-12(15)13(16)8-11/h2-8,15-16H,1H3. The number of phenolic OH excluding ortho intramolecular Hbond substituents is 2. The van der Waals surface area contributed by atoms with Crippen LogP contribution in [0.3, 0.4) is 0 Å². The van der Waals surface area contributed by atoms with Crippen molar-refractivity contribution >= 4 is 5.97 Å². The van der Waals surface area contributed by atoms with Crippen LogP contribution in [0.1, 0.15) is 15.9 Å². The molecule has 0 bridgehead atoms. The molecule has 92 valence electrons. The van der Waals surface area contributed by atoms with Crippen molar-refractivity contribution in [2.75, 3.05) is 0 Å². The molecule has 2 rings (SSSR count). The predicted molar refractivity (Wildman–Crippen MR) is 65.9 cm³/mol. The molecule has 2 aromatic carbocycles. The molecule has 0 aliphatic heterocycles. The molecule has 2 N–H and O–H groups in total. The second kappa shape index (κ2) is 4.79. The average Bonchev–Trinajstić information content (AvgIpc) is 2.34. The summed E-state index contributed by atoms with van der Waals surface area (Å²) in [4.78, 5) is 11.8. The molecule has 4 nitrogen and oxygen atoms in total. The van der Waals surface area contributed by atoms with E-state index >= 15 is 0 Å². The molecule has 0 amide bonds. The van der Waals surface area contributed by atoms with Crippen LogP contribution in [-0.4, -0.2) is 16.2 Å². The number of ether oxygens (including phenoxy) is 1. The molecule has 0 aliphatic carbocycles. The number of phenols is 2. The molecule has 0 radical (unpaired) electrons. The van der Waals surface area contributed by atoms with Crippen molar-refractivity contribution < 1.29 is 19.7 Å². The van der Waals surface area contributed by atoms with E-state index in [1.165, 1.54) is 18.2 Å². The first-order valence-electron chi connectivity index (χ1n) is 5.37. The number of esters is 1. The van der Waals surface area contributed by atoms with Crippen molar-refractivity contribution in [2.24, 2.45) is 0 Å². The summed E-state index contributed by atoms with van der Waals surface area (Å²) in [5, 5.41) is 18.4. The van der Waals surface area contributed by atoms with Crippen molar-refractivity contribution in [1.29, 1.82) is 0 Å². The second-order valence-corrected chi connectivity index (χ2v) is 3.91. The molecule has 0 atom stereocenters. The molecule has 0 fully saturated rings. The first-order chi connectivity index (χ1) is 8.56. The quantitative estimate of drug-likeness (QED) is 0.484. The maximum Gasteiger partial charge on any atom is 0.343 e. The van der Waals surface area contributed by atoms with Crippen molar-refractivity contribution in [3.63, 3.8) is 0 Å². The van der Waals surface area contributed by atoms with E-state index in [1.807, 2.05) is 19.1 Å². The monoisotopic (exact) mass is 244 g/mol. The minimum absolute atomic E-state index is 0.177. The van der Waals surface area contributed by atoms with Crippen LogP contribution >= 0.6 is 0 Å². The van der Waals surface area contributed by atoms with E-state index in [-0.39, 0.29) is 17.2 Å². The number of carbonyl (C=O) groups excluding carboxylic acids is 1. The van der Waals surface area contributed by atoms with E-state index in [0.717, 1.165) is 5.56 Å². The molecule has 4 heteroatoms. The minimum Gasteiger partial charge on any atom is -0.504 e. The fourth-order valence-electron chi connectivity index (χ4n) is 1.42. The van der Waals surface area contributed by atoms with Gasteiger partial charge in [0.1, 0.15) is 5.75 Å². The van der Waals surface area contributed by atoms with Crippen molar-refractivity contribution in [1.82, 2.24) is 0 Å². The Morgan fingerprint density at radius 2 is 1.67 bits per heavy atom. The van der Waals surface area contributed by atoms with Crippen molar-refractivity contribution in [2.45, 2.75) is 6.92 Å². The van der Waals surface area contributed by atoms with E-state index in [9.17, 15) is 9.90 Å². The Kier molecular flexibility index (Phi) is 3.19. The van der Waals surface area contributed by atoms with E-state index in [4.69, 9.17) is 9.84 Å². The van der Waals surface area contributed by atoms with Crippen LogP contribution in [0.2, 0.25) is 0 Å². The first-order valence-corrected chi connectivity index (χ1v) is 5.37. The molecule has 0 aromatic heterocycles. The molecule has 18 heavy (non-hydrogen) atoms. The van der Waals surface area contributed by atoms with Gasteiger partial charge < -0.3 is 14.9 Å². The molecule has 0 unspecified atom stereocenters. The van der Waals surface area contributed by atoms with Crippen LogP contribution in [0.15, 0.2) is 42.5 Å². The first kappa shape index (κ1) is 12.0. The molecule has 0 heterocycles. The molecule has 0 spiro atoms. The van der Waals surface area contributed by atoms with Crippen LogP contribution < -0.4 is 4.74 Å². The van der Waals surface area contributed by atoms with Crippen LogP contribution in [0.25, 0.3) is 0 Å². The Morgan fingerprint density at radius 3 is 2.28 bits per heavy atom. The van der Waals surface area contributed by atoms with E-state index in [1.54, 1.807) is 12.1 Å². The Morgan fingerprint density at radius 1 is 1.00 bits per heavy atom. The zero-order chi connectivity index (χ0) is 13.1. The number of carbonyl (C=O) groups is 1. The lowest BCUT2D eigenvalue weighted by Gasteiger charge is -2.05.